The maximum atomic E-state index is 5.83. The van der Waals surface area contributed by atoms with Crippen molar-refractivity contribution in [1.29, 1.82) is 0 Å². The minimum Gasteiger partial charge on any atom is -0.491 e. The molecule has 1 aromatic carbocycles. The second kappa shape index (κ2) is 9.38. The first-order chi connectivity index (χ1) is 8.66. The fourth-order valence-electron chi connectivity index (χ4n) is 1.70. The molecule has 0 aliphatic carbocycles. The standard InChI is InChI=1S/C14H19Br3O/c1-2-3-4-5-6-7-10-18-14-12(16)9-8-11(15)13(14)17/h8-9H,2-7,10H2,1H3. The summed E-state index contributed by atoms with van der Waals surface area (Å²) in [6, 6.07) is 3.98. The number of benzene rings is 1. The lowest BCUT2D eigenvalue weighted by atomic mass is 10.1. The Morgan fingerprint density at radius 1 is 0.889 bits per heavy atom. The highest BCUT2D eigenvalue weighted by Crippen LogP contribution is 2.38. The quantitative estimate of drug-likeness (QED) is 0.321. The summed E-state index contributed by atoms with van der Waals surface area (Å²) in [6.45, 7) is 3.02. The molecule has 0 heterocycles. The molecule has 0 saturated heterocycles. The lowest BCUT2D eigenvalue weighted by molar-refractivity contribution is 0.300. The summed E-state index contributed by atoms with van der Waals surface area (Å²) in [6.07, 6.45) is 7.69. The predicted molar refractivity (Wildman–Crippen MR) is 88.4 cm³/mol. The Morgan fingerprint density at radius 2 is 1.50 bits per heavy atom. The lowest BCUT2D eigenvalue weighted by Gasteiger charge is -2.11. The van der Waals surface area contributed by atoms with Gasteiger partial charge in [-0.15, -0.1) is 0 Å². The molecule has 0 amide bonds. The average Bonchev–Trinajstić information content (AvgIpc) is 2.36. The van der Waals surface area contributed by atoms with Crippen LogP contribution in [0.1, 0.15) is 45.4 Å². The van der Waals surface area contributed by atoms with Crippen LogP contribution in [0.25, 0.3) is 0 Å². The van der Waals surface area contributed by atoms with Gasteiger partial charge in [0.15, 0.2) is 0 Å². The maximum absolute atomic E-state index is 5.83. The van der Waals surface area contributed by atoms with Crippen LogP contribution in [0.2, 0.25) is 0 Å². The van der Waals surface area contributed by atoms with Gasteiger partial charge in [0.1, 0.15) is 5.75 Å². The van der Waals surface area contributed by atoms with Crippen LogP contribution in [-0.4, -0.2) is 6.61 Å². The molecule has 0 unspecified atom stereocenters. The van der Waals surface area contributed by atoms with E-state index in [1.54, 1.807) is 0 Å². The van der Waals surface area contributed by atoms with Crippen molar-refractivity contribution in [3.05, 3.63) is 25.6 Å². The van der Waals surface area contributed by atoms with E-state index < -0.39 is 0 Å². The summed E-state index contributed by atoms with van der Waals surface area (Å²) < 4.78 is 8.81. The number of ether oxygens (including phenoxy) is 1. The topological polar surface area (TPSA) is 9.23 Å². The molecule has 1 rings (SSSR count). The second-order valence-electron chi connectivity index (χ2n) is 4.29. The van der Waals surface area contributed by atoms with E-state index in [1.807, 2.05) is 12.1 Å². The van der Waals surface area contributed by atoms with Gasteiger partial charge in [-0.1, -0.05) is 39.0 Å². The molecule has 0 aromatic heterocycles. The molecule has 0 N–H and O–H groups in total. The van der Waals surface area contributed by atoms with Crippen molar-refractivity contribution in [2.24, 2.45) is 0 Å². The molecule has 0 fully saturated rings. The normalized spacial score (nSPS) is 10.7. The van der Waals surface area contributed by atoms with E-state index in [9.17, 15) is 0 Å². The molecule has 1 nitrogen and oxygen atoms in total. The van der Waals surface area contributed by atoms with Crippen LogP contribution in [0.4, 0.5) is 0 Å². The van der Waals surface area contributed by atoms with Crippen molar-refractivity contribution in [2.45, 2.75) is 45.4 Å². The fourth-order valence-corrected chi connectivity index (χ4v) is 3.18. The van der Waals surface area contributed by atoms with Crippen LogP contribution in [0.5, 0.6) is 5.75 Å². The Hall–Kier alpha value is 0.460. The summed E-state index contributed by atoms with van der Waals surface area (Å²) in [7, 11) is 0. The van der Waals surface area contributed by atoms with E-state index in [-0.39, 0.29) is 0 Å². The van der Waals surface area contributed by atoms with Gasteiger partial charge in [0, 0.05) is 4.47 Å². The number of hydrogen-bond acceptors (Lipinski definition) is 1. The molecule has 0 spiro atoms. The van der Waals surface area contributed by atoms with Gasteiger partial charge in [0.2, 0.25) is 0 Å². The summed E-state index contributed by atoms with van der Waals surface area (Å²) in [4.78, 5) is 0. The van der Waals surface area contributed by atoms with Gasteiger partial charge in [0.05, 0.1) is 15.6 Å². The highest BCUT2D eigenvalue weighted by Gasteiger charge is 2.09. The minimum absolute atomic E-state index is 0.778. The Balaban J connectivity index is 2.29. The zero-order valence-electron chi connectivity index (χ0n) is 10.6. The molecular formula is C14H19Br3O. The van der Waals surface area contributed by atoms with Crippen LogP contribution in [-0.2, 0) is 0 Å². The van der Waals surface area contributed by atoms with Crippen molar-refractivity contribution < 1.29 is 4.74 Å². The first-order valence-electron chi connectivity index (χ1n) is 6.43. The van der Waals surface area contributed by atoms with Crippen molar-refractivity contribution >= 4 is 47.8 Å². The van der Waals surface area contributed by atoms with Gasteiger partial charge in [-0.25, -0.2) is 0 Å². The molecule has 0 aliphatic rings. The van der Waals surface area contributed by atoms with Gasteiger partial charge in [-0.2, -0.15) is 0 Å². The molecule has 18 heavy (non-hydrogen) atoms. The van der Waals surface area contributed by atoms with E-state index in [1.165, 1.54) is 32.1 Å². The van der Waals surface area contributed by atoms with Crippen LogP contribution in [0, 0.1) is 0 Å². The number of halogens is 3. The predicted octanol–water partition coefficient (Wildman–Crippen LogP) is 6.71. The first-order valence-corrected chi connectivity index (χ1v) is 8.81. The average molecular weight is 443 g/mol. The van der Waals surface area contributed by atoms with Crippen molar-refractivity contribution in [1.82, 2.24) is 0 Å². The van der Waals surface area contributed by atoms with Gasteiger partial charge >= 0.3 is 0 Å². The zero-order valence-corrected chi connectivity index (χ0v) is 15.4. The Bertz CT molecular complexity index is 366. The van der Waals surface area contributed by atoms with Crippen LogP contribution in [0.3, 0.4) is 0 Å². The summed E-state index contributed by atoms with van der Waals surface area (Å²) in [5.41, 5.74) is 0. The minimum atomic E-state index is 0.778. The van der Waals surface area contributed by atoms with E-state index in [4.69, 9.17) is 4.74 Å². The van der Waals surface area contributed by atoms with Crippen LogP contribution >= 0.6 is 47.8 Å². The third-order valence-electron chi connectivity index (χ3n) is 2.75. The number of hydrogen-bond donors (Lipinski definition) is 0. The molecule has 0 radical (unpaired) electrons. The molecule has 1 aromatic rings. The van der Waals surface area contributed by atoms with Gasteiger partial charge in [0.25, 0.3) is 0 Å². The number of unbranched alkanes of at least 4 members (excludes halogenated alkanes) is 5. The van der Waals surface area contributed by atoms with Crippen LogP contribution < -0.4 is 4.74 Å². The van der Waals surface area contributed by atoms with Gasteiger partial charge < -0.3 is 4.74 Å². The Morgan fingerprint density at radius 3 is 2.22 bits per heavy atom. The smallest absolute Gasteiger partial charge is 0.148 e. The summed E-state index contributed by atoms with van der Waals surface area (Å²) in [5, 5.41) is 0. The molecule has 0 saturated carbocycles. The Kier molecular flexibility index (Phi) is 8.60. The first kappa shape index (κ1) is 16.5. The lowest BCUT2D eigenvalue weighted by Crippen LogP contribution is -1.99. The zero-order chi connectivity index (χ0) is 13.4. The third kappa shape index (κ3) is 5.62. The molecule has 102 valence electrons. The van der Waals surface area contributed by atoms with E-state index in [0.29, 0.717) is 0 Å². The maximum Gasteiger partial charge on any atom is 0.148 e. The van der Waals surface area contributed by atoms with Crippen molar-refractivity contribution in [3.8, 4) is 5.75 Å². The molecule has 0 bridgehead atoms. The summed E-state index contributed by atoms with van der Waals surface area (Å²) in [5.74, 6) is 0.887. The second-order valence-corrected chi connectivity index (χ2v) is 6.79. The van der Waals surface area contributed by atoms with Gasteiger partial charge in [-0.05, 0) is 66.3 Å². The third-order valence-corrected chi connectivity index (χ3v) is 5.35. The fraction of sp³-hybridized carbons (Fsp3) is 0.571. The van der Waals surface area contributed by atoms with E-state index >= 15 is 0 Å². The molecular weight excluding hydrogens is 424 g/mol. The SMILES string of the molecule is CCCCCCCCOc1c(Br)ccc(Br)c1Br. The highest BCUT2D eigenvalue weighted by molar-refractivity contribution is 9.13. The van der Waals surface area contributed by atoms with Crippen molar-refractivity contribution in [2.75, 3.05) is 6.61 Å². The largest absolute Gasteiger partial charge is 0.491 e. The molecule has 0 aliphatic heterocycles. The number of rotatable bonds is 8. The molecule has 4 heteroatoms. The van der Waals surface area contributed by atoms with Crippen LogP contribution in [0.15, 0.2) is 25.6 Å². The van der Waals surface area contributed by atoms with E-state index in [0.717, 1.165) is 32.2 Å². The van der Waals surface area contributed by atoms with Crippen molar-refractivity contribution in [3.63, 3.8) is 0 Å². The summed E-state index contributed by atoms with van der Waals surface area (Å²) >= 11 is 10.5. The highest BCUT2D eigenvalue weighted by atomic mass is 79.9. The molecule has 0 atom stereocenters. The Labute approximate surface area is 135 Å². The monoisotopic (exact) mass is 440 g/mol. The van der Waals surface area contributed by atoms with E-state index in [2.05, 4.69) is 54.7 Å². The van der Waals surface area contributed by atoms with Gasteiger partial charge in [-0.3, -0.25) is 0 Å².